The number of hydrogen-bond donors (Lipinski definition) is 3. The van der Waals surface area contributed by atoms with Crippen molar-refractivity contribution in [2.24, 2.45) is 5.73 Å². The third-order valence-electron chi connectivity index (χ3n) is 2.36. The van der Waals surface area contributed by atoms with Gasteiger partial charge in [-0.1, -0.05) is 13.5 Å². The van der Waals surface area contributed by atoms with E-state index in [1.54, 1.807) is 0 Å². The lowest BCUT2D eigenvalue weighted by atomic mass is 10.2. The Hall–Kier alpha value is -1.67. The normalized spacial score (nSPS) is 15.1. The highest BCUT2D eigenvalue weighted by atomic mass is 32.2. The van der Waals surface area contributed by atoms with Crippen LogP contribution in [0, 0.1) is 0 Å². The first-order valence-corrected chi connectivity index (χ1v) is 6.43. The molecule has 0 aromatic rings. The van der Waals surface area contributed by atoms with Gasteiger partial charge in [0.15, 0.2) is 4.87 Å². The number of carbonyl (C=O) groups excluding carboxylic acids is 2. The summed E-state index contributed by atoms with van der Waals surface area (Å²) in [6, 6.07) is 0. The highest BCUT2D eigenvalue weighted by Crippen LogP contribution is 2.17. The van der Waals surface area contributed by atoms with Crippen molar-refractivity contribution in [1.82, 2.24) is 5.32 Å². The number of rotatable bonds is 6. The summed E-state index contributed by atoms with van der Waals surface area (Å²) >= 11 is 0. The highest BCUT2D eigenvalue weighted by molar-refractivity contribution is 7.87. The summed E-state index contributed by atoms with van der Waals surface area (Å²) < 4.78 is 31.3. The molecule has 2 amide bonds. The van der Waals surface area contributed by atoms with Crippen molar-refractivity contribution in [3.8, 4) is 0 Å². The van der Waals surface area contributed by atoms with Crippen LogP contribution >= 0.6 is 0 Å². The maximum Gasteiger partial charge on any atom is 0.288 e. The molecule has 0 radical (unpaired) electrons. The Morgan fingerprint density at radius 3 is 2.28 bits per heavy atom. The SMILES string of the molecule is C=C(C=CC(N)=O)C(=O)NC(C)(CC)S(=O)(=O)O. The van der Waals surface area contributed by atoms with E-state index in [2.05, 4.69) is 11.9 Å². The van der Waals surface area contributed by atoms with Gasteiger partial charge in [-0.3, -0.25) is 14.1 Å². The summed E-state index contributed by atoms with van der Waals surface area (Å²) in [5, 5.41) is 2.13. The number of amides is 2. The molecular formula is C10H16N2O5S. The molecule has 0 rings (SSSR count). The lowest BCUT2D eigenvalue weighted by Crippen LogP contribution is -2.51. The van der Waals surface area contributed by atoms with Crippen LogP contribution in [0.25, 0.3) is 0 Å². The summed E-state index contributed by atoms with van der Waals surface area (Å²) in [6.45, 7) is 5.98. The van der Waals surface area contributed by atoms with Crippen LogP contribution in [0.4, 0.5) is 0 Å². The quantitative estimate of drug-likeness (QED) is 0.349. The molecule has 102 valence electrons. The van der Waals surface area contributed by atoms with Crippen molar-refractivity contribution in [3.63, 3.8) is 0 Å². The predicted octanol–water partition coefficient (Wildman–Crippen LogP) is -0.286. The molecule has 8 heteroatoms. The first kappa shape index (κ1) is 16.3. The van der Waals surface area contributed by atoms with Crippen LogP contribution in [0.2, 0.25) is 0 Å². The Morgan fingerprint density at radius 2 is 1.94 bits per heavy atom. The zero-order valence-electron chi connectivity index (χ0n) is 10.1. The van der Waals surface area contributed by atoms with Crippen LogP contribution in [-0.2, 0) is 19.7 Å². The summed E-state index contributed by atoms with van der Waals surface area (Å²) in [4.78, 5) is 20.2. The lowest BCUT2D eigenvalue weighted by molar-refractivity contribution is -0.118. The number of carbonyl (C=O) groups is 2. The Morgan fingerprint density at radius 1 is 1.44 bits per heavy atom. The molecule has 1 atom stereocenters. The Labute approximate surface area is 105 Å². The summed E-state index contributed by atoms with van der Waals surface area (Å²) in [5.41, 5.74) is 4.67. The standard InChI is InChI=1S/C10H16N2O5S/c1-4-10(3,18(15,16)17)12-9(14)7(2)5-6-8(11)13/h5-6H,2,4H2,1,3H3,(H2,11,13)(H,12,14)(H,15,16,17). The van der Waals surface area contributed by atoms with Gasteiger partial charge in [-0.15, -0.1) is 0 Å². The largest absolute Gasteiger partial charge is 0.366 e. The first-order valence-electron chi connectivity index (χ1n) is 4.99. The maximum atomic E-state index is 11.6. The Kier molecular flexibility index (Phi) is 5.25. The zero-order chi connectivity index (χ0) is 14.6. The fourth-order valence-electron chi connectivity index (χ4n) is 0.914. The van der Waals surface area contributed by atoms with Crippen molar-refractivity contribution in [2.75, 3.05) is 0 Å². The average Bonchev–Trinajstić information content (AvgIpc) is 2.23. The minimum absolute atomic E-state index is 0.0373. The van der Waals surface area contributed by atoms with Crippen LogP contribution in [-0.4, -0.2) is 29.7 Å². The molecular weight excluding hydrogens is 260 g/mol. The second kappa shape index (κ2) is 5.78. The Bertz CT molecular complexity index is 494. The van der Waals surface area contributed by atoms with Crippen molar-refractivity contribution < 1.29 is 22.6 Å². The molecule has 0 aliphatic rings. The highest BCUT2D eigenvalue weighted by Gasteiger charge is 2.37. The molecule has 0 saturated carbocycles. The molecule has 0 aliphatic carbocycles. The van der Waals surface area contributed by atoms with Gasteiger partial charge in [0.1, 0.15) is 0 Å². The lowest BCUT2D eigenvalue weighted by Gasteiger charge is -2.25. The van der Waals surface area contributed by atoms with E-state index in [9.17, 15) is 18.0 Å². The van der Waals surface area contributed by atoms with Crippen LogP contribution in [0.15, 0.2) is 24.3 Å². The molecule has 0 heterocycles. The van der Waals surface area contributed by atoms with Crippen LogP contribution in [0.3, 0.4) is 0 Å². The summed E-state index contributed by atoms with van der Waals surface area (Å²) in [6.07, 6.45) is 1.93. The van der Waals surface area contributed by atoms with Gasteiger partial charge in [0.25, 0.3) is 16.0 Å². The topological polar surface area (TPSA) is 127 Å². The molecule has 0 bridgehead atoms. The molecule has 0 aromatic heterocycles. The maximum absolute atomic E-state index is 11.6. The van der Waals surface area contributed by atoms with Crippen LogP contribution in [0.5, 0.6) is 0 Å². The van der Waals surface area contributed by atoms with E-state index in [0.29, 0.717) is 0 Å². The third kappa shape index (κ3) is 4.30. The van der Waals surface area contributed by atoms with E-state index in [0.717, 1.165) is 19.1 Å². The number of hydrogen-bond acceptors (Lipinski definition) is 4. The number of nitrogens with one attached hydrogen (secondary N) is 1. The van der Waals surface area contributed by atoms with E-state index in [4.69, 9.17) is 10.3 Å². The van der Waals surface area contributed by atoms with Gasteiger partial charge in [0.2, 0.25) is 5.91 Å². The monoisotopic (exact) mass is 276 g/mol. The smallest absolute Gasteiger partial charge is 0.288 e. The summed E-state index contributed by atoms with van der Waals surface area (Å²) in [5.74, 6) is -1.59. The molecule has 0 aromatic carbocycles. The van der Waals surface area contributed by atoms with E-state index in [-0.39, 0.29) is 12.0 Å². The second-order valence-corrected chi connectivity index (χ2v) is 5.63. The van der Waals surface area contributed by atoms with Gasteiger partial charge < -0.3 is 11.1 Å². The Balaban J connectivity index is 4.96. The summed E-state index contributed by atoms with van der Waals surface area (Å²) in [7, 11) is -4.46. The average molecular weight is 276 g/mol. The fourth-order valence-corrected chi connectivity index (χ4v) is 1.50. The number of nitrogens with two attached hydrogens (primary N) is 1. The molecule has 0 fully saturated rings. The van der Waals surface area contributed by atoms with E-state index in [1.807, 2.05) is 0 Å². The minimum atomic E-state index is -4.46. The fraction of sp³-hybridized carbons (Fsp3) is 0.400. The van der Waals surface area contributed by atoms with Gasteiger partial charge in [-0.2, -0.15) is 8.42 Å². The van der Waals surface area contributed by atoms with Crippen molar-refractivity contribution in [3.05, 3.63) is 24.3 Å². The first-order chi connectivity index (χ1) is 8.03. The molecule has 4 N–H and O–H groups in total. The van der Waals surface area contributed by atoms with Crippen molar-refractivity contribution in [1.29, 1.82) is 0 Å². The minimum Gasteiger partial charge on any atom is -0.366 e. The third-order valence-corrected chi connectivity index (χ3v) is 3.89. The molecule has 18 heavy (non-hydrogen) atoms. The molecule has 0 spiro atoms. The van der Waals surface area contributed by atoms with Crippen LogP contribution in [0.1, 0.15) is 20.3 Å². The van der Waals surface area contributed by atoms with Crippen molar-refractivity contribution in [2.45, 2.75) is 25.1 Å². The van der Waals surface area contributed by atoms with Gasteiger partial charge in [-0.25, -0.2) is 0 Å². The molecule has 7 nitrogen and oxygen atoms in total. The molecule has 1 unspecified atom stereocenters. The van der Waals surface area contributed by atoms with Crippen LogP contribution < -0.4 is 11.1 Å². The van der Waals surface area contributed by atoms with Crippen molar-refractivity contribution >= 4 is 21.9 Å². The van der Waals surface area contributed by atoms with E-state index in [1.165, 1.54) is 6.92 Å². The van der Waals surface area contributed by atoms with Gasteiger partial charge in [0.05, 0.1) is 0 Å². The van der Waals surface area contributed by atoms with Gasteiger partial charge in [0, 0.05) is 11.6 Å². The van der Waals surface area contributed by atoms with Gasteiger partial charge >= 0.3 is 0 Å². The molecule has 0 saturated heterocycles. The zero-order valence-corrected chi connectivity index (χ0v) is 11.0. The molecule has 0 aliphatic heterocycles. The van der Waals surface area contributed by atoms with Gasteiger partial charge in [-0.05, 0) is 19.4 Å². The predicted molar refractivity (Wildman–Crippen MR) is 65.9 cm³/mol. The second-order valence-electron chi connectivity index (χ2n) is 3.77. The number of primary amides is 1. The van der Waals surface area contributed by atoms with E-state index < -0.39 is 26.8 Å². The van der Waals surface area contributed by atoms with E-state index >= 15 is 0 Å².